The van der Waals surface area contributed by atoms with Crippen LogP contribution in [-0.2, 0) is 0 Å². The third-order valence-corrected chi connectivity index (χ3v) is 4.08. The monoisotopic (exact) mass is 324 g/mol. The molecule has 1 atom stereocenters. The van der Waals surface area contributed by atoms with E-state index < -0.39 is 0 Å². The van der Waals surface area contributed by atoms with Gasteiger partial charge in [0.15, 0.2) is 0 Å². The average molecular weight is 325 g/mol. The van der Waals surface area contributed by atoms with E-state index in [-0.39, 0.29) is 11.7 Å². The van der Waals surface area contributed by atoms with Gasteiger partial charge in [0.2, 0.25) is 0 Å². The van der Waals surface area contributed by atoms with Crippen molar-refractivity contribution >= 4 is 22.6 Å². The zero-order valence-electron chi connectivity index (χ0n) is 12.0. The van der Waals surface area contributed by atoms with Crippen LogP contribution in [0.25, 0.3) is 11.0 Å². The first kappa shape index (κ1) is 13.8. The molecule has 0 aliphatic heterocycles. The van der Waals surface area contributed by atoms with Crippen molar-refractivity contribution in [1.29, 1.82) is 0 Å². The van der Waals surface area contributed by atoms with Crippen LogP contribution < -0.4 is 5.69 Å². The van der Waals surface area contributed by atoms with Gasteiger partial charge in [0.05, 0.1) is 23.4 Å². The van der Waals surface area contributed by atoms with Gasteiger partial charge in [0, 0.05) is 17.4 Å². The number of H-pyrrole nitrogens is 2. The van der Waals surface area contributed by atoms with E-state index in [2.05, 4.69) is 15.0 Å². The molecule has 23 heavy (non-hydrogen) atoms. The molecule has 0 fully saturated rings. The average Bonchev–Trinajstić information content (AvgIpc) is 3.16. The van der Waals surface area contributed by atoms with Crippen LogP contribution in [0.5, 0.6) is 0 Å². The van der Waals surface area contributed by atoms with Crippen LogP contribution in [0.3, 0.4) is 0 Å². The Morgan fingerprint density at radius 1 is 1.04 bits per heavy atom. The number of aromatic nitrogens is 4. The van der Waals surface area contributed by atoms with Gasteiger partial charge in [-0.15, -0.1) is 0 Å². The van der Waals surface area contributed by atoms with Crippen LogP contribution in [0.2, 0.25) is 5.02 Å². The molecular weight excluding hydrogens is 312 g/mol. The maximum Gasteiger partial charge on any atom is 0.323 e. The summed E-state index contributed by atoms with van der Waals surface area (Å²) in [6.07, 6.45) is 5.43. The number of hydrogen-bond acceptors (Lipinski definition) is 2. The molecule has 1 unspecified atom stereocenters. The molecule has 0 amide bonds. The van der Waals surface area contributed by atoms with Crippen LogP contribution in [-0.4, -0.2) is 19.5 Å². The Labute approximate surface area is 136 Å². The molecule has 2 aromatic carbocycles. The first-order valence-electron chi connectivity index (χ1n) is 7.15. The smallest absolute Gasteiger partial charge is 0.323 e. The molecular formula is C17H13ClN4O. The SMILES string of the molecule is O=c1[nH]c2ccc(C(c3cccc(Cl)c3)n3ccnc3)cc2[nH]1. The van der Waals surface area contributed by atoms with Gasteiger partial charge in [0.25, 0.3) is 0 Å². The molecule has 2 N–H and O–H groups in total. The van der Waals surface area contributed by atoms with Crippen LogP contribution >= 0.6 is 11.6 Å². The van der Waals surface area contributed by atoms with E-state index in [0.29, 0.717) is 5.02 Å². The van der Waals surface area contributed by atoms with Crippen molar-refractivity contribution in [1.82, 2.24) is 19.5 Å². The van der Waals surface area contributed by atoms with Crippen LogP contribution in [0, 0.1) is 0 Å². The minimum atomic E-state index is -0.209. The fourth-order valence-electron chi connectivity index (χ4n) is 2.86. The molecule has 0 bridgehead atoms. The second kappa shape index (κ2) is 5.44. The number of rotatable bonds is 3. The zero-order valence-corrected chi connectivity index (χ0v) is 12.8. The van der Waals surface area contributed by atoms with Crippen LogP contribution in [0.4, 0.5) is 0 Å². The van der Waals surface area contributed by atoms with E-state index in [1.807, 2.05) is 53.2 Å². The van der Waals surface area contributed by atoms with Crippen molar-refractivity contribution in [3.63, 3.8) is 0 Å². The molecule has 0 saturated carbocycles. The zero-order chi connectivity index (χ0) is 15.8. The van der Waals surface area contributed by atoms with E-state index in [1.54, 1.807) is 12.5 Å². The maximum absolute atomic E-state index is 11.5. The lowest BCUT2D eigenvalue weighted by molar-refractivity contribution is 0.677. The Balaban J connectivity index is 1.91. The molecule has 6 heteroatoms. The molecule has 4 aromatic rings. The van der Waals surface area contributed by atoms with Gasteiger partial charge in [-0.1, -0.05) is 29.8 Å². The number of nitrogens with one attached hydrogen (secondary N) is 2. The Morgan fingerprint density at radius 3 is 2.65 bits per heavy atom. The summed E-state index contributed by atoms with van der Waals surface area (Å²) in [5.41, 5.74) is 3.44. The van der Waals surface area contributed by atoms with Crippen LogP contribution in [0.15, 0.2) is 66.0 Å². The Kier molecular flexibility index (Phi) is 3.28. The molecule has 0 aliphatic carbocycles. The van der Waals surface area contributed by atoms with Gasteiger partial charge < -0.3 is 14.5 Å². The summed E-state index contributed by atoms with van der Waals surface area (Å²) in [5.74, 6) is 0. The van der Waals surface area contributed by atoms with E-state index in [9.17, 15) is 4.79 Å². The summed E-state index contributed by atoms with van der Waals surface area (Å²) in [6, 6.07) is 13.5. The second-order valence-corrected chi connectivity index (χ2v) is 5.79. The van der Waals surface area contributed by atoms with Gasteiger partial charge in [-0.25, -0.2) is 9.78 Å². The third kappa shape index (κ3) is 2.55. The number of imidazole rings is 2. The third-order valence-electron chi connectivity index (χ3n) is 3.84. The number of halogens is 1. The maximum atomic E-state index is 11.5. The molecule has 0 radical (unpaired) electrons. The number of aromatic amines is 2. The fourth-order valence-corrected chi connectivity index (χ4v) is 3.05. The molecule has 0 aliphatic rings. The highest BCUT2D eigenvalue weighted by molar-refractivity contribution is 6.30. The largest absolute Gasteiger partial charge is 0.326 e. The summed E-state index contributed by atoms with van der Waals surface area (Å²) < 4.78 is 2.01. The Bertz CT molecular complexity index is 1020. The van der Waals surface area contributed by atoms with Crippen molar-refractivity contribution in [3.05, 3.63) is 87.8 Å². The minimum absolute atomic E-state index is 0.0704. The van der Waals surface area contributed by atoms with Crippen molar-refractivity contribution in [2.24, 2.45) is 0 Å². The summed E-state index contributed by atoms with van der Waals surface area (Å²) in [7, 11) is 0. The van der Waals surface area contributed by atoms with Crippen molar-refractivity contribution in [2.75, 3.05) is 0 Å². The second-order valence-electron chi connectivity index (χ2n) is 5.35. The normalized spacial score (nSPS) is 12.6. The van der Waals surface area contributed by atoms with E-state index in [0.717, 1.165) is 22.2 Å². The molecule has 114 valence electrons. The first-order chi connectivity index (χ1) is 11.2. The highest BCUT2D eigenvalue weighted by Crippen LogP contribution is 2.29. The summed E-state index contributed by atoms with van der Waals surface area (Å²) in [5, 5.41) is 0.684. The van der Waals surface area contributed by atoms with Gasteiger partial charge in [-0.05, 0) is 35.4 Å². The molecule has 4 rings (SSSR count). The molecule has 2 aromatic heterocycles. The number of nitrogens with zero attached hydrogens (tertiary/aromatic N) is 2. The number of benzene rings is 2. The van der Waals surface area contributed by atoms with E-state index in [4.69, 9.17) is 11.6 Å². The Morgan fingerprint density at radius 2 is 1.87 bits per heavy atom. The first-order valence-corrected chi connectivity index (χ1v) is 7.53. The predicted molar refractivity (Wildman–Crippen MR) is 89.8 cm³/mol. The standard InChI is InChI=1S/C17H13ClN4O/c18-13-3-1-2-11(8-13)16(22-7-6-19-10-22)12-4-5-14-15(9-12)21-17(23)20-14/h1-10,16H,(H2,20,21,23). The van der Waals surface area contributed by atoms with E-state index >= 15 is 0 Å². The molecule has 2 heterocycles. The molecule has 0 saturated heterocycles. The summed E-state index contributed by atoms with van der Waals surface area (Å²) in [6.45, 7) is 0. The van der Waals surface area contributed by atoms with Gasteiger partial charge in [-0.3, -0.25) is 0 Å². The van der Waals surface area contributed by atoms with Gasteiger partial charge >= 0.3 is 5.69 Å². The lowest BCUT2D eigenvalue weighted by Crippen LogP contribution is -2.10. The van der Waals surface area contributed by atoms with Crippen LogP contribution in [0.1, 0.15) is 17.2 Å². The number of hydrogen-bond donors (Lipinski definition) is 2. The highest BCUT2D eigenvalue weighted by Gasteiger charge is 2.17. The highest BCUT2D eigenvalue weighted by atomic mass is 35.5. The molecule has 5 nitrogen and oxygen atoms in total. The summed E-state index contributed by atoms with van der Waals surface area (Å²) in [4.78, 5) is 21.2. The lowest BCUT2D eigenvalue weighted by Gasteiger charge is -2.20. The van der Waals surface area contributed by atoms with Gasteiger partial charge in [0.1, 0.15) is 0 Å². The Hall–Kier alpha value is -2.79. The summed E-state index contributed by atoms with van der Waals surface area (Å²) >= 11 is 6.16. The molecule has 0 spiro atoms. The predicted octanol–water partition coefficient (Wildman–Crippen LogP) is 3.34. The fraction of sp³-hybridized carbons (Fsp3) is 0.0588. The quantitative estimate of drug-likeness (QED) is 0.607. The van der Waals surface area contributed by atoms with Crippen molar-refractivity contribution in [2.45, 2.75) is 6.04 Å². The minimum Gasteiger partial charge on any atom is -0.326 e. The number of fused-ring (bicyclic) bond motifs is 1. The topological polar surface area (TPSA) is 66.5 Å². The lowest BCUT2D eigenvalue weighted by atomic mass is 9.98. The van der Waals surface area contributed by atoms with Crippen molar-refractivity contribution < 1.29 is 0 Å². The van der Waals surface area contributed by atoms with E-state index in [1.165, 1.54) is 0 Å². The van der Waals surface area contributed by atoms with Gasteiger partial charge in [-0.2, -0.15) is 0 Å². The van der Waals surface area contributed by atoms with Crippen molar-refractivity contribution in [3.8, 4) is 0 Å².